The standard InChI is InChI=1S/C12H20N4O2/c1-7(2)11-14-5-9(13)10(15-11)12(18)16(4)8(3)6-17/h5,7-8,17H,6,13H2,1-4H3. The lowest BCUT2D eigenvalue weighted by atomic mass is 10.2. The molecule has 1 aromatic rings. The lowest BCUT2D eigenvalue weighted by molar-refractivity contribution is 0.0677. The van der Waals surface area contributed by atoms with Gasteiger partial charge >= 0.3 is 0 Å². The maximum atomic E-state index is 12.2. The van der Waals surface area contributed by atoms with E-state index in [0.29, 0.717) is 5.82 Å². The highest BCUT2D eigenvalue weighted by atomic mass is 16.3. The van der Waals surface area contributed by atoms with Crippen molar-refractivity contribution < 1.29 is 9.90 Å². The molecule has 0 aromatic carbocycles. The highest BCUT2D eigenvalue weighted by molar-refractivity contribution is 5.97. The number of carbonyl (C=O) groups excluding carboxylic acids is 1. The zero-order valence-electron chi connectivity index (χ0n) is 11.2. The average molecular weight is 252 g/mol. The van der Waals surface area contributed by atoms with Crippen molar-refractivity contribution in [2.24, 2.45) is 0 Å². The largest absolute Gasteiger partial charge is 0.396 e. The number of carbonyl (C=O) groups is 1. The molecule has 0 aliphatic heterocycles. The second-order valence-electron chi connectivity index (χ2n) is 4.63. The molecule has 0 bridgehead atoms. The van der Waals surface area contributed by atoms with Crippen molar-refractivity contribution in [3.63, 3.8) is 0 Å². The van der Waals surface area contributed by atoms with Crippen LogP contribution in [0.5, 0.6) is 0 Å². The number of anilines is 1. The number of rotatable bonds is 4. The highest BCUT2D eigenvalue weighted by Crippen LogP contribution is 2.15. The highest BCUT2D eigenvalue weighted by Gasteiger charge is 2.21. The molecule has 1 amide bonds. The van der Waals surface area contributed by atoms with Crippen molar-refractivity contribution in [3.05, 3.63) is 17.7 Å². The Hall–Kier alpha value is -1.69. The summed E-state index contributed by atoms with van der Waals surface area (Å²) < 4.78 is 0. The zero-order valence-corrected chi connectivity index (χ0v) is 11.2. The first kappa shape index (κ1) is 14.4. The van der Waals surface area contributed by atoms with Gasteiger partial charge in [-0.3, -0.25) is 4.79 Å². The van der Waals surface area contributed by atoms with E-state index in [4.69, 9.17) is 10.8 Å². The monoisotopic (exact) mass is 252 g/mol. The van der Waals surface area contributed by atoms with E-state index < -0.39 is 0 Å². The summed E-state index contributed by atoms with van der Waals surface area (Å²) in [6.07, 6.45) is 1.45. The third-order valence-corrected chi connectivity index (χ3v) is 2.80. The molecule has 0 spiro atoms. The Morgan fingerprint density at radius 1 is 1.50 bits per heavy atom. The van der Waals surface area contributed by atoms with Gasteiger partial charge in [-0.25, -0.2) is 9.97 Å². The van der Waals surface area contributed by atoms with E-state index >= 15 is 0 Å². The molecule has 0 saturated heterocycles. The summed E-state index contributed by atoms with van der Waals surface area (Å²) in [6, 6.07) is -0.283. The van der Waals surface area contributed by atoms with Crippen molar-refractivity contribution in [1.29, 1.82) is 0 Å². The topological polar surface area (TPSA) is 92.3 Å². The van der Waals surface area contributed by atoms with Crippen LogP contribution in [0.2, 0.25) is 0 Å². The molecule has 1 heterocycles. The number of hydrogen-bond acceptors (Lipinski definition) is 5. The van der Waals surface area contributed by atoms with Gasteiger partial charge in [0.1, 0.15) is 5.82 Å². The molecular formula is C12H20N4O2. The molecule has 1 rings (SSSR count). The normalized spacial score (nSPS) is 12.6. The van der Waals surface area contributed by atoms with Crippen molar-refractivity contribution in [1.82, 2.24) is 14.9 Å². The molecule has 18 heavy (non-hydrogen) atoms. The first-order valence-electron chi connectivity index (χ1n) is 5.88. The number of nitrogen functional groups attached to an aromatic ring is 1. The van der Waals surface area contributed by atoms with Crippen molar-refractivity contribution in [2.45, 2.75) is 32.7 Å². The summed E-state index contributed by atoms with van der Waals surface area (Å²) in [5.74, 6) is 0.397. The molecule has 6 nitrogen and oxygen atoms in total. The molecule has 3 N–H and O–H groups in total. The number of nitrogens with two attached hydrogens (primary N) is 1. The van der Waals surface area contributed by atoms with Crippen LogP contribution in [0.1, 0.15) is 43.0 Å². The molecule has 1 unspecified atom stereocenters. The maximum absolute atomic E-state index is 12.2. The van der Waals surface area contributed by atoms with Gasteiger partial charge in [0.2, 0.25) is 0 Å². The minimum atomic E-state index is -0.307. The lowest BCUT2D eigenvalue weighted by Crippen LogP contribution is -2.38. The van der Waals surface area contributed by atoms with Gasteiger partial charge in [-0.1, -0.05) is 13.8 Å². The van der Waals surface area contributed by atoms with Crippen LogP contribution in [0.25, 0.3) is 0 Å². The smallest absolute Gasteiger partial charge is 0.274 e. The Bertz CT molecular complexity index is 434. The Kier molecular flexibility index (Phi) is 4.61. The molecule has 0 fully saturated rings. The van der Waals surface area contributed by atoms with Crippen LogP contribution in [0, 0.1) is 0 Å². The maximum Gasteiger partial charge on any atom is 0.274 e. The molecule has 0 radical (unpaired) electrons. The van der Waals surface area contributed by atoms with Crippen molar-refractivity contribution >= 4 is 11.6 Å². The van der Waals surface area contributed by atoms with E-state index in [1.807, 2.05) is 13.8 Å². The third kappa shape index (κ3) is 2.95. The summed E-state index contributed by atoms with van der Waals surface area (Å²) >= 11 is 0. The Balaban J connectivity index is 3.08. The van der Waals surface area contributed by atoms with Crippen LogP contribution >= 0.6 is 0 Å². The summed E-state index contributed by atoms with van der Waals surface area (Å²) in [5, 5.41) is 9.06. The molecule has 100 valence electrons. The molecule has 0 aliphatic carbocycles. The van der Waals surface area contributed by atoms with Gasteiger partial charge in [0.05, 0.1) is 24.5 Å². The number of nitrogens with zero attached hydrogens (tertiary/aromatic N) is 3. The zero-order chi connectivity index (χ0) is 13.9. The van der Waals surface area contributed by atoms with Gasteiger partial charge in [-0.15, -0.1) is 0 Å². The van der Waals surface area contributed by atoms with E-state index in [9.17, 15) is 4.79 Å². The van der Waals surface area contributed by atoms with Gasteiger partial charge < -0.3 is 15.7 Å². The van der Waals surface area contributed by atoms with Crippen LogP contribution in [0.4, 0.5) is 5.69 Å². The van der Waals surface area contributed by atoms with Crippen LogP contribution in [0.3, 0.4) is 0 Å². The fourth-order valence-corrected chi connectivity index (χ4v) is 1.34. The van der Waals surface area contributed by atoms with Gasteiger partial charge in [0.15, 0.2) is 5.69 Å². The summed E-state index contributed by atoms with van der Waals surface area (Å²) in [6.45, 7) is 5.53. The van der Waals surface area contributed by atoms with E-state index in [2.05, 4.69) is 9.97 Å². The Morgan fingerprint density at radius 2 is 2.11 bits per heavy atom. The quantitative estimate of drug-likeness (QED) is 0.820. The number of hydrogen-bond donors (Lipinski definition) is 2. The molecule has 1 atom stereocenters. The molecule has 1 aromatic heterocycles. The fourth-order valence-electron chi connectivity index (χ4n) is 1.34. The molecular weight excluding hydrogens is 232 g/mol. The SMILES string of the molecule is CC(C)c1ncc(N)c(C(=O)N(C)C(C)CO)n1. The second-order valence-corrected chi connectivity index (χ2v) is 4.63. The lowest BCUT2D eigenvalue weighted by Gasteiger charge is -2.23. The molecule has 0 saturated carbocycles. The Morgan fingerprint density at radius 3 is 2.61 bits per heavy atom. The van der Waals surface area contributed by atoms with Crippen LogP contribution in [-0.4, -0.2) is 45.6 Å². The average Bonchev–Trinajstić information content (AvgIpc) is 2.36. The van der Waals surface area contributed by atoms with E-state index in [-0.39, 0.29) is 35.9 Å². The van der Waals surface area contributed by atoms with Gasteiger partial charge in [0.25, 0.3) is 5.91 Å². The summed E-state index contributed by atoms with van der Waals surface area (Å²) in [7, 11) is 1.61. The minimum absolute atomic E-state index is 0.107. The first-order valence-corrected chi connectivity index (χ1v) is 5.88. The van der Waals surface area contributed by atoms with Gasteiger partial charge in [-0.2, -0.15) is 0 Å². The first-order chi connectivity index (χ1) is 8.38. The van der Waals surface area contributed by atoms with Crippen molar-refractivity contribution in [2.75, 3.05) is 19.4 Å². The summed E-state index contributed by atoms with van der Waals surface area (Å²) in [4.78, 5) is 21.9. The predicted octanol–water partition coefficient (Wildman–Crippen LogP) is 0.635. The minimum Gasteiger partial charge on any atom is -0.396 e. The van der Waals surface area contributed by atoms with Crippen molar-refractivity contribution in [3.8, 4) is 0 Å². The second kappa shape index (κ2) is 5.77. The molecule has 6 heteroatoms. The van der Waals surface area contributed by atoms with Gasteiger partial charge in [-0.05, 0) is 6.92 Å². The van der Waals surface area contributed by atoms with Crippen LogP contribution in [-0.2, 0) is 0 Å². The number of aromatic nitrogens is 2. The number of aliphatic hydroxyl groups excluding tert-OH is 1. The van der Waals surface area contributed by atoms with E-state index in [0.717, 1.165) is 0 Å². The van der Waals surface area contributed by atoms with Crippen LogP contribution in [0.15, 0.2) is 6.20 Å². The number of amides is 1. The summed E-state index contributed by atoms with van der Waals surface area (Å²) in [5.41, 5.74) is 6.18. The third-order valence-electron chi connectivity index (χ3n) is 2.80. The van der Waals surface area contributed by atoms with Gasteiger partial charge in [0, 0.05) is 13.0 Å². The van der Waals surface area contributed by atoms with E-state index in [1.165, 1.54) is 11.1 Å². The van der Waals surface area contributed by atoms with Crippen LogP contribution < -0.4 is 5.73 Å². The number of likely N-dealkylation sites (N-methyl/N-ethyl adjacent to an activating group) is 1. The molecule has 0 aliphatic rings. The number of aliphatic hydroxyl groups is 1. The fraction of sp³-hybridized carbons (Fsp3) is 0.583. The predicted molar refractivity (Wildman–Crippen MR) is 69.2 cm³/mol. The Labute approximate surface area is 107 Å². The van der Waals surface area contributed by atoms with E-state index in [1.54, 1.807) is 14.0 Å².